The maximum absolute atomic E-state index is 11.5. The summed E-state index contributed by atoms with van der Waals surface area (Å²) in [5.41, 5.74) is 0.345. The molecule has 0 fully saturated rings. The van der Waals surface area contributed by atoms with Crippen LogP contribution in [-0.4, -0.2) is 32.3 Å². The van der Waals surface area contributed by atoms with Crippen LogP contribution in [0.3, 0.4) is 0 Å². The Hall–Kier alpha value is -2.44. The standard InChI is InChI=1S/C11H12N4O3/c1-3-18-11(17)9-13-10(15(2)14-9)7-4-5-12-8(16)6-7/h4-6H,3H2,1-2H3,(H,12,16). The molecule has 1 N–H and O–H groups in total. The Bertz CT molecular complexity index is 629. The summed E-state index contributed by atoms with van der Waals surface area (Å²) in [7, 11) is 1.65. The van der Waals surface area contributed by atoms with Crippen molar-refractivity contribution in [2.75, 3.05) is 6.61 Å². The zero-order chi connectivity index (χ0) is 13.1. The van der Waals surface area contributed by atoms with Crippen molar-refractivity contribution in [2.24, 2.45) is 7.05 Å². The third-order valence-corrected chi connectivity index (χ3v) is 2.25. The molecule has 2 aromatic rings. The van der Waals surface area contributed by atoms with Gasteiger partial charge in [0.2, 0.25) is 5.56 Å². The van der Waals surface area contributed by atoms with Gasteiger partial charge in [0.1, 0.15) is 0 Å². The van der Waals surface area contributed by atoms with Gasteiger partial charge in [0.15, 0.2) is 5.82 Å². The quantitative estimate of drug-likeness (QED) is 0.791. The van der Waals surface area contributed by atoms with Crippen LogP contribution < -0.4 is 5.56 Å². The molecule has 0 aromatic carbocycles. The van der Waals surface area contributed by atoms with E-state index in [4.69, 9.17) is 4.74 Å². The number of hydrogen-bond donors (Lipinski definition) is 1. The second-order valence-corrected chi connectivity index (χ2v) is 3.54. The van der Waals surface area contributed by atoms with Gasteiger partial charge in [-0.25, -0.2) is 14.5 Å². The molecule has 0 amide bonds. The van der Waals surface area contributed by atoms with Gasteiger partial charge in [-0.05, 0) is 13.0 Å². The fraction of sp³-hybridized carbons (Fsp3) is 0.273. The monoisotopic (exact) mass is 248 g/mol. The van der Waals surface area contributed by atoms with Crippen LogP contribution in [0.4, 0.5) is 0 Å². The van der Waals surface area contributed by atoms with E-state index in [1.54, 1.807) is 20.0 Å². The summed E-state index contributed by atoms with van der Waals surface area (Å²) in [5.74, 6) is -0.164. The maximum Gasteiger partial charge on any atom is 0.378 e. The second-order valence-electron chi connectivity index (χ2n) is 3.54. The fourth-order valence-electron chi connectivity index (χ4n) is 1.50. The highest BCUT2D eigenvalue weighted by Crippen LogP contribution is 2.14. The minimum absolute atomic E-state index is 0.0189. The predicted molar refractivity (Wildman–Crippen MR) is 63.0 cm³/mol. The van der Waals surface area contributed by atoms with E-state index in [-0.39, 0.29) is 18.0 Å². The zero-order valence-electron chi connectivity index (χ0n) is 10.0. The van der Waals surface area contributed by atoms with Crippen LogP contribution in [0.5, 0.6) is 0 Å². The molecule has 0 radical (unpaired) electrons. The Morgan fingerprint density at radius 1 is 1.56 bits per heavy atom. The van der Waals surface area contributed by atoms with E-state index in [1.807, 2.05) is 0 Å². The lowest BCUT2D eigenvalue weighted by molar-refractivity contribution is 0.0512. The molecule has 0 aliphatic rings. The highest BCUT2D eigenvalue weighted by atomic mass is 16.5. The summed E-state index contributed by atoms with van der Waals surface area (Å²) in [5, 5.41) is 3.95. The number of aromatic amines is 1. The zero-order valence-corrected chi connectivity index (χ0v) is 10.0. The molecule has 0 unspecified atom stereocenters. The average Bonchev–Trinajstić information content (AvgIpc) is 2.72. The molecule has 2 rings (SSSR count). The van der Waals surface area contributed by atoms with Gasteiger partial charge in [-0.1, -0.05) is 0 Å². The second kappa shape index (κ2) is 4.82. The lowest BCUT2D eigenvalue weighted by Gasteiger charge is -1.97. The number of pyridine rings is 1. The first-order chi connectivity index (χ1) is 8.61. The number of carbonyl (C=O) groups excluding carboxylic acids is 1. The van der Waals surface area contributed by atoms with E-state index < -0.39 is 5.97 Å². The molecule has 0 aliphatic heterocycles. The number of carbonyl (C=O) groups is 1. The van der Waals surface area contributed by atoms with E-state index in [2.05, 4.69) is 15.1 Å². The van der Waals surface area contributed by atoms with E-state index in [1.165, 1.54) is 16.9 Å². The van der Waals surface area contributed by atoms with Gasteiger partial charge in [0, 0.05) is 24.9 Å². The average molecular weight is 248 g/mol. The number of aryl methyl sites for hydroxylation is 1. The summed E-state index contributed by atoms with van der Waals surface area (Å²) in [6.07, 6.45) is 1.51. The molecule has 0 spiro atoms. The van der Waals surface area contributed by atoms with E-state index in [9.17, 15) is 9.59 Å². The van der Waals surface area contributed by atoms with Crippen molar-refractivity contribution in [1.82, 2.24) is 19.7 Å². The van der Waals surface area contributed by atoms with E-state index in [0.717, 1.165) is 0 Å². The summed E-state index contributed by atoms with van der Waals surface area (Å²) in [4.78, 5) is 29.3. The van der Waals surface area contributed by atoms with Gasteiger partial charge in [0.05, 0.1) is 6.61 Å². The van der Waals surface area contributed by atoms with Gasteiger partial charge in [-0.3, -0.25) is 4.79 Å². The molecule has 18 heavy (non-hydrogen) atoms. The SMILES string of the molecule is CCOC(=O)c1nc(-c2cc[nH]c(=O)c2)n(C)n1. The third-order valence-electron chi connectivity index (χ3n) is 2.25. The summed E-state index contributed by atoms with van der Waals surface area (Å²) >= 11 is 0. The Balaban J connectivity index is 2.41. The van der Waals surface area contributed by atoms with Crippen molar-refractivity contribution < 1.29 is 9.53 Å². The van der Waals surface area contributed by atoms with E-state index in [0.29, 0.717) is 11.4 Å². The number of aromatic nitrogens is 4. The van der Waals surface area contributed by atoms with Gasteiger partial charge in [-0.2, -0.15) is 0 Å². The van der Waals surface area contributed by atoms with Crippen molar-refractivity contribution in [3.05, 3.63) is 34.5 Å². The van der Waals surface area contributed by atoms with Crippen molar-refractivity contribution >= 4 is 5.97 Å². The van der Waals surface area contributed by atoms with Crippen molar-refractivity contribution in [3.63, 3.8) is 0 Å². The van der Waals surface area contributed by atoms with E-state index >= 15 is 0 Å². The molecule has 94 valence electrons. The number of esters is 1. The fourth-order valence-corrected chi connectivity index (χ4v) is 1.50. The van der Waals surface area contributed by atoms with Gasteiger partial charge >= 0.3 is 5.97 Å². The minimum atomic E-state index is -0.579. The van der Waals surface area contributed by atoms with Crippen LogP contribution in [-0.2, 0) is 11.8 Å². The molecule has 0 aliphatic carbocycles. The first kappa shape index (κ1) is 12.0. The van der Waals surface area contributed by atoms with Crippen LogP contribution in [0, 0.1) is 0 Å². The molecule has 2 heterocycles. The molecule has 0 atom stereocenters. The number of ether oxygens (including phenoxy) is 1. The number of H-pyrrole nitrogens is 1. The lowest BCUT2D eigenvalue weighted by atomic mass is 10.2. The Kier molecular flexibility index (Phi) is 3.22. The minimum Gasteiger partial charge on any atom is -0.460 e. The maximum atomic E-state index is 11.5. The highest BCUT2D eigenvalue weighted by molar-refractivity contribution is 5.85. The Labute approximate surface area is 102 Å². The molecule has 0 bridgehead atoms. The lowest BCUT2D eigenvalue weighted by Crippen LogP contribution is -2.07. The molecule has 0 saturated heterocycles. The Morgan fingerprint density at radius 3 is 3.00 bits per heavy atom. The number of rotatable bonds is 3. The summed E-state index contributed by atoms with van der Waals surface area (Å²) < 4.78 is 6.24. The highest BCUT2D eigenvalue weighted by Gasteiger charge is 2.16. The number of nitrogens with zero attached hydrogens (tertiary/aromatic N) is 3. The molecular formula is C11H12N4O3. The summed E-state index contributed by atoms with van der Waals surface area (Å²) in [6.45, 7) is 1.97. The normalized spacial score (nSPS) is 10.3. The van der Waals surface area contributed by atoms with Crippen molar-refractivity contribution in [3.8, 4) is 11.4 Å². The van der Waals surface area contributed by atoms with Crippen LogP contribution in [0.2, 0.25) is 0 Å². The van der Waals surface area contributed by atoms with Crippen molar-refractivity contribution in [2.45, 2.75) is 6.92 Å². The number of hydrogen-bond acceptors (Lipinski definition) is 5. The molecule has 0 saturated carbocycles. The van der Waals surface area contributed by atoms with Crippen LogP contribution in [0.15, 0.2) is 23.1 Å². The number of nitrogens with one attached hydrogen (secondary N) is 1. The Morgan fingerprint density at radius 2 is 2.33 bits per heavy atom. The van der Waals surface area contributed by atoms with Gasteiger partial charge in [0.25, 0.3) is 5.82 Å². The van der Waals surface area contributed by atoms with Crippen molar-refractivity contribution in [1.29, 1.82) is 0 Å². The van der Waals surface area contributed by atoms with Gasteiger partial charge in [-0.15, -0.1) is 5.10 Å². The molecule has 2 aromatic heterocycles. The molecule has 7 heteroatoms. The largest absolute Gasteiger partial charge is 0.460 e. The molecule has 7 nitrogen and oxygen atoms in total. The van der Waals surface area contributed by atoms with Crippen LogP contribution in [0.1, 0.15) is 17.5 Å². The topological polar surface area (TPSA) is 89.9 Å². The van der Waals surface area contributed by atoms with Crippen LogP contribution >= 0.6 is 0 Å². The summed E-state index contributed by atoms with van der Waals surface area (Å²) in [6, 6.07) is 3.07. The van der Waals surface area contributed by atoms with Gasteiger partial charge < -0.3 is 9.72 Å². The molecular weight excluding hydrogens is 236 g/mol. The predicted octanol–water partition coefficient (Wildman–Crippen LogP) is 0.347. The first-order valence-electron chi connectivity index (χ1n) is 5.39. The third kappa shape index (κ3) is 2.29. The smallest absolute Gasteiger partial charge is 0.378 e. The first-order valence-corrected chi connectivity index (χ1v) is 5.39. The van der Waals surface area contributed by atoms with Crippen LogP contribution in [0.25, 0.3) is 11.4 Å².